The van der Waals surface area contributed by atoms with Crippen LogP contribution in [0.4, 0.5) is 0 Å². The van der Waals surface area contributed by atoms with Crippen LogP contribution >= 0.6 is 11.3 Å². The Bertz CT molecular complexity index is 289. The molecule has 0 saturated heterocycles. The largest absolute Gasteiger partial charge is 0.382 e. The van der Waals surface area contributed by atoms with Crippen LogP contribution in [-0.4, -0.2) is 17.8 Å². The lowest BCUT2D eigenvalue weighted by molar-refractivity contribution is -0.0553. The van der Waals surface area contributed by atoms with E-state index in [4.69, 9.17) is 4.74 Å². The number of aliphatic hydroxyl groups is 1. The molecular weight excluding hydrogens is 196 g/mol. The molecule has 1 N–H and O–H groups in total. The molecule has 0 aliphatic heterocycles. The van der Waals surface area contributed by atoms with Crippen LogP contribution in [0.3, 0.4) is 0 Å². The molecule has 1 aromatic heterocycles. The molecule has 0 aromatic carbocycles. The second kappa shape index (κ2) is 4.43. The van der Waals surface area contributed by atoms with Gasteiger partial charge in [0.15, 0.2) is 0 Å². The van der Waals surface area contributed by atoms with Gasteiger partial charge < -0.3 is 9.84 Å². The molecule has 0 fully saturated rings. The third-order valence-corrected chi connectivity index (χ3v) is 3.22. The second-order valence-corrected chi connectivity index (χ2v) is 5.33. The van der Waals surface area contributed by atoms with Gasteiger partial charge in [-0.05, 0) is 39.8 Å². The average Bonchev–Trinajstić information content (AvgIpc) is 2.49. The Morgan fingerprint density at radius 1 is 1.50 bits per heavy atom. The van der Waals surface area contributed by atoms with Gasteiger partial charge in [0.1, 0.15) is 5.60 Å². The van der Waals surface area contributed by atoms with Gasteiger partial charge >= 0.3 is 0 Å². The molecule has 3 heteroatoms. The Morgan fingerprint density at radius 3 is 2.57 bits per heavy atom. The molecule has 1 heterocycles. The first-order valence-corrected chi connectivity index (χ1v) is 5.64. The van der Waals surface area contributed by atoms with Crippen molar-refractivity contribution in [2.45, 2.75) is 39.4 Å². The fraction of sp³-hybridized carbons (Fsp3) is 0.636. The molecular formula is C11H18O2S. The van der Waals surface area contributed by atoms with Crippen LogP contribution in [0.5, 0.6) is 0 Å². The molecule has 1 rings (SSSR count). The van der Waals surface area contributed by atoms with E-state index in [-0.39, 0.29) is 6.10 Å². The zero-order chi connectivity index (χ0) is 10.8. The van der Waals surface area contributed by atoms with Gasteiger partial charge in [0.2, 0.25) is 0 Å². The SMILES string of the molecule is Cc1ccc(C(C)(O)COC(C)C)s1. The highest BCUT2D eigenvalue weighted by Crippen LogP contribution is 2.28. The standard InChI is InChI=1S/C11H18O2S/c1-8(2)13-7-11(4,12)10-6-5-9(3)14-10/h5-6,8,12H,7H2,1-4H3. The van der Waals surface area contributed by atoms with Gasteiger partial charge in [-0.2, -0.15) is 0 Å². The van der Waals surface area contributed by atoms with Crippen LogP contribution in [-0.2, 0) is 10.3 Å². The van der Waals surface area contributed by atoms with Gasteiger partial charge in [0.05, 0.1) is 12.7 Å². The third-order valence-electron chi connectivity index (χ3n) is 1.97. The van der Waals surface area contributed by atoms with Crippen LogP contribution in [0.2, 0.25) is 0 Å². The third kappa shape index (κ3) is 3.08. The number of ether oxygens (including phenoxy) is 1. The summed E-state index contributed by atoms with van der Waals surface area (Å²) in [6.45, 7) is 8.12. The minimum atomic E-state index is -0.858. The van der Waals surface area contributed by atoms with E-state index in [1.807, 2.05) is 32.9 Å². The Hall–Kier alpha value is -0.380. The van der Waals surface area contributed by atoms with E-state index in [1.165, 1.54) is 4.88 Å². The second-order valence-electron chi connectivity index (χ2n) is 4.04. The number of hydrogen-bond acceptors (Lipinski definition) is 3. The lowest BCUT2D eigenvalue weighted by atomic mass is 10.1. The van der Waals surface area contributed by atoms with Crippen molar-refractivity contribution >= 4 is 11.3 Å². The molecule has 0 aliphatic carbocycles. The van der Waals surface area contributed by atoms with Crippen molar-refractivity contribution in [3.8, 4) is 0 Å². The lowest BCUT2D eigenvalue weighted by Crippen LogP contribution is -2.28. The summed E-state index contributed by atoms with van der Waals surface area (Å²) in [7, 11) is 0. The Labute approximate surface area is 89.5 Å². The number of rotatable bonds is 4. The molecule has 0 saturated carbocycles. The normalized spacial score (nSPS) is 15.9. The lowest BCUT2D eigenvalue weighted by Gasteiger charge is -2.23. The number of thiophene rings is 1. The van der Waals surface area contributed by atoms with Crippen LogP contribution in [0.1, 0.15) is 30.5 Å². The smallest absolute Gasteiger partial charge is 0.119 e. The highest BCUT2D eigenvalue weighted by molar-refractivity contribution is 7.12. The molecule has 2 nitrogen and oxygen atoms in total. The number of aryl methyl sites for hydroxylation is 1. The molecule has 0 bridgehead atoms. The van der Waals surface area contributed by atoms with Crippen LogP contribution in [0, 0.1) is 6.92 Å². The van der Waals surface area contributed by atoms with Crippen LogP contribution in [0.25, 0.3) is 0 Å². The first kappa shape index (κ1) is 11.7. The topological polar surface area (TPSA) is 29.5 Å². The van der Waals surface area contributed by atoms with E-state index in [0.29, 0.717) is 6.61 Å². The predicted molar refractivity (Wildman–Crippen MR) is 59.7 cm³/mol. The molecule has 0 radical (unpaired) electrons. The zero-order valence-electron chi connectivity index (χ0n) is 9.20. The van der Waals surface area contributed by atoms with Crippen molar-refractivity contribution in [3.05, 3.63) is 21.9 Å². The predicted octanol–water partition coefficient (Wildman–Crippen LogP) is 2.69. The van der Waals surface area contributed by atoms with Crippen molar-refractivity contribution in [1.82, 2.24) is 0 Å². The highest BCUT2D eigenvalue weighted by atomic mass is 32.1. The van der Waals surface area contributed by atoms with Crippen molar-refractivity contribution in [1.29, 1.82) is 0 Å². The van der Waals surface area contributed by atoms with E-state index in [0.717, 1.165) is 4.88 Å². The van der Waals surface area contributed by atoms with Crippen molar-refractivity contribution in [2.24, 2.45) is 0 Å². The highest BCUT2D eigenvalue weighted by Gasteiger charge is 2.25. The van der Waals surface area contributed by atoms with E-state index in [1.54, 1.807) is 18.3 Å². The first-order valence-electron chi connectivity index (χ1n) is 4.83. The molecule has 1 atom stereocenters. The summed E-state index contributed by atoms with van der Waals surface area (Å²) in [5.41, 5.74) is -0.858. The monoisotopic (exact) mass is 214 g/mol. The molecule has 1 aromatic rings. The quantitative estimate of drug-likeness (QED) is 0.835. The summed E-state index contributed by atoms with van der Waals surface area (Å²) in [6, 6.07) is 3.98. The summed E-state index contributed by atoms with van der Waals surface area (Å²) in [5.74, 6) is 0. The number of hydrogen-bond donors (Lipinski definition) is 1. The van der Waals surface area contributed by atoms with E-state index >= 15 is 0 Å². The summed E-state index contributed by atoms with van der Waals surface area (Å²) < 4.78 is 5.43. The van der Waals surface area contributed by atoms with Gasteiger partial charge in [-0.25, -0.2) is 0 Å². The van der Waals surface area contributed by atoms with Gasteiger partial charge in [0, 0.05) is 9.75 Å². The van der Waals surface area contributed by atoms with Crippen molar-refractivity contribution in [3.63, 3.8) is 0 Å². The van der Waals surface area contributed by atoms with Crippen LogP contribution in [0.15, 0.2) is 12.1 Å². The molecule has 1 unspecified atom stereocenters. The fourth-order valence-corrected chi connectivity index (χ4v) is 2.02. The van der Waals surface area contributed by atoms with E-state index < -0.39 is 5.60 Å². The van der Waals surface area contributed by atoms with E-state index in [2.05, 4.69) is 0 Å². The van der Waals surface area contributed by atoms with Gasteiger partial charge in [0.25, 0.3) is 0 Å². The fourth-order valence-electron chi connectivity index (χ4n) is 1.12. The van der Waals surface area contributed by atoms with Crippen molar-refractivity contribution < 1.29 is 9.84 Å². The molecule has 0 aliphatic rings. The minimum Gasteiger partial charge on any atom is -0.382 e. The Kier molecular flexibility index (Phi) is 3.70. The maximum Gasteiger partial charge on any atom is 0.119 e. The maximum absolute atomic E-state index is 10.1. The Morgan fingerprint density at radius 2 is 2.14 bits per heavy atom. The van der Waals surface area contributed by atoms with E-state index in [9.17, 15) is 5.11 Å². The van der Waals surface area contributed by atoms with Gasteiger partial charge in [-0.15, -0.1) is 11.3 Å². The molecule has 80 valence electrons. The summed E-state index contributed by atoms with van der Waals surface area (Å²) in [6.07, 6.45) is 0.155. The molecule has 0 amide bonds. The van der Waals surface area contributed by atoms with Gasteiger partial charge in [-0.3, -0.25) is 0 Å². The minimum absolute atomic E-state index is 0.155. The van der Waals surface area contributed by atoms with Crippen molar-refractivity contribution in [2.75, 3.05) is 6.61 Å². The molecule has 14 heavy (non-hydrogen) atoms. The Balaban J connectivity index is 2.65. The van der Waals surface area contributed by atoms with Crippen LogP contribution < -0.4 is 0 Å². The van der Waals surface area contributed by atoms with Gasteiger partial charge in [-0.1, -0.05) is 0 Å². The maximum atomic E-state index is 10.1. The zero-order valence-corrected chi connectivity index (χ0v) is 10.0. The molecule has 0 spiro atoms. The first-order chi connectivity index (χ1) is 6.42. The summed E-state index contributed by atoms with van der Waals surface area (Å²) in [5, 5.41) is 10.1. The summed E-state index contributed by atoms with van der Waals surface area (Å²) >= 11 is 1.62. The average molecular weight is 214 g/mol. The summed E-state index contributed by atoms with van der Waals surface area (Å²) in [4.78, 5) is 2.18.